The second kappa shape index (κ2) is 12.5. The van der Waals surface area contributed by atoms with Crippen molar-refractivity contribution < 1.29 is 27.7 Å². The molecule has 1 N–H and O–H groups in total. The molecule has 1 atom stereocenters. The molecule has 0 aliphatic heterocycles. The van der Waals surface area contributed by atoms with Crippen LogP contribution in [0.1, 0.15) is 42.5 Å². The molecule has 0 saturated heterocycles. The van der Waals surface area contributed by atoms with E-state index in [2.05, 4.69) is 4.98 Å². The first-order valence-electron chi connectivity index (χ1n) is 13.8. The predicted molar refractivity (Wildman–Crippen MR) is 156 cm³/mol. The molecule has 43 heavy (non-hydrogen) atoms. The van der Waals surface area contributed by atoms with Crippen LogP contribution in [-0.2, 0) is 23.9 Å². The van der Waals surface area contributed by atoms with Gasteiger partial charge in [-0.1, -0.05) is 30.3 Å². The van der Waals surface area contributed by atoms with Gasteiger partial charge in [0.2, 0.25) is 5.91 Å². The monoisotopic (exact) mass is 587 g/mol. The minimum atomic E-state index is -4.47. The molecule has 5 rings (SSSR count). The third-order valence-electron chi connectivity index (χ3n) is 7.12. The number of fused-ring (bicyclic) bond motifs is 1. The summed E-state index contributed by atoms with van der Waals surface area (Å²) in [6, 6.07) is 23.4. The van der Waals surface area contributed by atoms with Crippen molar-refractivity contribution >= 4 is 16.8 Å². The summed E-state index contributed by atoms with van der Waals surface area (Å²) in [7, 11) is 0. The minimum absolute atomic E-state index is 0.143. The van der Waals surface area contributed by atoms with Crippen LogP contribution in [0.3, 0.4) is 0 Å². The summed E-state index contributed by atoms with van der Waals surface area (Å²) in [4.78, 5) is 37.4. The molecule has 0 aliphatic carbocycles. The van der Waals surface area contributed by atoms with Crippen LogP contribution in [0.15, 0.2) is 102 Å². The molecular weight excluding hydrogens is 557 g/mol. The van der Waals surface area contributed by atoms with Crippen molar-refractivity contribution in [2.45, 2.75) is 39.0 Å². The number of aromatic nitrogens is 3. The van der Waals surface area contributed by atoms with Gasteiger partial charge in [-0.3, -0.25) is 14.2 Å². The number of aromatic amines is 1. The number of alkyl halides is 3. The zero-order chi connectivity index (χ0) is 30.6. The maximum atomic E-state index is 13.9. The quantitative estimate of drug-likeness (QED) is 0.214. The molecule has 10 heteroatoms. The van der Waals surface area contributed by atoms with E-state index in [1.165, 1.54) is 16.7 Å². The number of halogens is 3. The molecule has 0 saturated carbocycles. The van der Waals surface area contributed by atoms with E-state index >= 15 is 0 Å². The summed E-state index contributed by atoms with van der Waals surface area (Å²) >= 11 is 0. The minimum Gasteiger partial charge on any atom is -0.494 e. The number of pyridine rings is 1. The Kier molecular flexibility index (Phi) is 8.56. The van der Waals surface area contributed by atoms with Gasteiger partial charge in [-0.15, -0.1) is 0 Å². The molecule has 1 amide bonds. The zero-order valence-corrected chi connectivity index (χ0v) is 23.6. The van der Waals surface area contributed by atoms with Crippen LogP contribution in [-0.4, -0.2) is 27.0 Å². The van der Waals surface area contributed by atoms with E-state index in [1.807, 2.05) is 25.1 Å². The molecule has 220 valence electrons. The lowest BCUT2D eigenvalue weighted by Gasteiger charge is -2.29. The fraction of sp³-hybridized carbons (Fsp3) is 0.212. The van der Waals surface area contributed by atoms with E-state index in [0.29, 0.717) is 40.3 Å². The average Bonchev–Trinajstić information content (AvgIpc) is 3.00. The number of nitrogens with zero attached hydrogens (tertiary/aromatic N) is 3. The number of nitrogens with one attached hydrogen (secondary N) is 1. The number of H-pyrrole nitrogens is 1. The number of benzene rings is 3. The van der Waals surface area contributed by atoms with Gasteiger partial charge in [-0.05, 0) is 67.9 Å². The molecule has 2 heterocycles. The van der Waals surface area contributed by atoms with Crippen molar-refractivity contribution in [3.05, 3.63) is 130 Å². The summed E-state index contributed by atoms with van der Waals surface area (Å²) in [5, 5.41) is 0.423. The molecule has 2 aromatic heterocycles. The van der Waals surface area contributed by atoms with Crippen molar-refractivity contribution in [2.24, 2.45) is 0 Å². The molecule has 0 fully saturated rings. The Bertz CT molecular complexity index is 1770. The average molecular weight is 588 g/mol. The van der Waals surface area contributed by atoms with Crippen LogP contribution in [0.4, 0.5) is 13.2 Å². The number of ether oxygens (including phenoxy) is 1. The van der Waals surface area contributed by atoms with Crippen molar-refractivity contribution in [3.63, 3.8) is 0 Å². The van der Waals surface area contributed by atoms with Gasteiger partial charge in [0.1, 0.15) is 18.1 Å². The van der Waals surface area contributed by atoms with Gasteiger partial charge in [0.15, 0.2) is 11.9 Å². The Morgan fingerprint density at radius 2 is 1.67 bits per heavy atom. The molecule has 0 aliphatic rings. The molecule has 0 spiro atoms. The first-order chi connectivity index (χ1) is 20.7. The maximum absolute atomic E-state index is 13.9. The van der Waals surface area contributed by atoms with Crippen LogP contribution in [0.2, 0.25) is 0 Å². The lowest BCUT2D eigenvalue weighted by atomic mass is 10.1. The Balaban J connectivity index is 1.59. The van der Waals surface area contributed by atoms with Crippen molar-refractivity contribution in [2.75, 3.05) is 6.61 Å². The number of amides is 1. The smallest absolute Gasteiger partial charge is 0.416 e. The SMILES string of the molecule is CCOc1ccc(-n2c([C@@H](C)N(Cc3cccc[nH+]3)C(=O)Cc3ccc(C(F)(F)F)cc3)nc3ccccc3c2=O)cc1. The van der Waals surface area contributed by atoms with Crippen molar-refractivity contribution in [1.82, 2.24) is 14.5 Å². The number of hydrogen-bond donors (Lipinski definition) is 0. The molecule has 3 aromatic carbocycles. The highest BCUT2D eigenvalue weighted by atomic mass is 19.4. The van der Waals surface area contributed by atoms with Gasteiger partial charge in [-0.25, -0.2) is 9.97 Å². The molecule has 7 nitrogen and oxygen atoms in total. The standard InChI is InChI=1S/C33H29F3N4O3/c1-3-43-27-17-15-26(16-18-27)40-31(38-29-10-5-4-9-28(29)32(40)42)22(2)39(21-25-8-6-7-19-37-25)30(41)20-23-11-13-24(14-12-23)33(34,35)36/h4-19,22H,3,20-21H2,1-2H3/p+1/t22-/m1/s1. The zero-order valence-electron chi connectivity index (χ0n) is 23.6. The number of carbonyl (C=O) groups excluding carboxylic acids is 1. The number of rotatable bonds is 9. The Morgan fingerprint density at radius 3 is 2.33 bits per heavy atom. The van der Waals surface area contributed by atoms with Crippen LogP contribution in [0, 0.1) is 0 Å². The number of para-hydroxylation sites is 1. The predicted octanol–water partition coefficient (Wildman–Crippen LogP) is 5.95. The highest BCUT2D eigenvalue weighted by molar-refractivity contribution is 5.80. The third-order valence-corrected chi connectivity index (χ3v) is 7.12. The second-order valence-corrected chi connectivity index (χ2v) is 10.0. The summed E-state index contributed by atoms with van der Waals surface area (Å²) in [6.45, 7) is 4.31. The highest BCUT2D eigenvalue weighted by Gasteiger charge is 2.31. The summed E-state index contributed by atoms with van der Waals surface area (Å²) in [5.74, 6) is 0.644. The molecular formula is C33H30F3N4O3+. The van der Waals surface area contributed by atoms with Gasteiger partial charge in [0.05, 0.1) is 41.2 Å². The molecule has 0 unspecified atom stereocenters. The van der Waals surface area contributed by atoms with Crippen LogP contribution in [0.5, 0.6) is 5.75 Å². The van der Waals surface area contributed by atoms with Gasteiger partial charge in [-0.2, -0.15) is 13.2 Å². The second-order valence-electron chi connectivity index (χ2n) is 10.0. The first kappa shape index (κ1) is 29.5. The van der Waals surface area contributed by atoms with E-state index in [-0.39, 0.29) is 24.4 Å². The summed E-state index contributed by atoms with van der Waals surface area (Å²) < 4.78 is 46.4. The Hall–Kier alpha value is -4.99. The normalized spacial score (nSPS) is 12.2. The fourth-order valence-corrected chi connectivity index (χ4v) is 4.92. The van der Waals surface area contributed by atoms with Gasteiger partial charge < -0.3 is 9.64 Å². The fourth-order valence-electron chi connectivity index (χ4n) is 4.92. The Labute approximate surface area is 246 Å². The van der Waals surface area contributed by atoms with Gasteiger partial charge in [0.25, 0.3) is 5.56 Å². The third kappa shape index (κ3) is 6.58. The van der Waals surface area contributed by atoms with Crippen molar-refractivity contribution in [1.29, 1.82) is 0 Å². The first-order valence-corrected chi connectivity index (χ1v) is 13.8. The number of carbonyl (C=O) groups is 1. The topological polar surface area (TPSA) is 78.6 Å². The van der Waals surface area contributed by atoms with E-state index in [0.717, 1.165) is 17.8 Å². The lowest BCUT2D eigenvalue weighted by molar-refractivity contribution is -0.392. The number of hydrogen-bond acceptors (Lipinski definition) is 4. The van der Waals surface area contributed by atoms with E-state index < -0.39 is 17.8 Å². The largest absolute Gasteiger partial charge is 0.494 e. The lowest BCUT2D eigenvalue weighted by Crippen LogP contribution is -2.39. The molecule has 0 radical (unpaired) electrons. The van der Waals surface area contributed by atoms with Crippen LogP contribution < -0.4 is 15.3 Å². The maximum Gasteiger partial charge on any atom is 0.416 e. The highest BCUT2D eigenvalue weighted by Crippen LogP contribution is 2.30. The van der Waals surface area contributed by atoms with E-state index in [9.17, 15) is 22.8 Å². The molecule has 0 bridgehead atoms. The Morgan fingerprint density at radius 1 is 0.977 bits per heavy atom. The van der Waals surface area contributed by atoms with Crippen LogP contribution >= 0.6 is 0 Å². The van der Waals surface area contributed by atoms with Gasteiger partial charge in [0, 0.05) is 12.1 Å². The van der Waals surface area contributed by atoms with E-state index in [4.69, 9.17) is 9.72 Å². The van der Waals surface area contributed by atoms with E-state index in [1.54, 1.807) is 66.6 Å². The van der Waals surface area contributed by atoms with Gasteiger partial charge >= 0.3 is 6.18 Å². The summed E-state index contributed by atoms with van der Waals surface area (Å²) in [5.41, 5.74) is 1.12. The molecule has 5 aromatic rings. The van der Waals surface area contributed by atoms with Crippen molar-refractivity contribution in [3.8, 4) is 11.4 Å². The summed E-state index contributed by atoms with van der Waals surface area (Å²) in [6.07, 6.45) is -2.88. The van der Waals surface area contributed by atoms with Crippen LogP contribution in [0.25, 0.3) is 16.6 Å².